The highest BCUT2D eigenvalue weighted by atomic mass is 16.5. The molecule has 0 bridgehead atoms. The largest absolute Gasteiger partial charge is 0.491 e. The van der Waals surface area contributed by atoms with Gasteiger partial charge in [-0.25, -0.2) is 0 Å². The van der Waals surface area contributed by atoms with Crippen LogP contribution in [0.1, 0.15) is 64.4 Å². The molecule has 1 fully saturated rings. The molecule has 130 valence electrons. The molecule has 1 aromatic rings. The molecule has 0 atom stereocenters. The molecule has 0 spiro atoms. The van der Waals surface area contributed by atoms with E-state index in [4.69, 9.17) is 9.47 Å². The van der Waals surface area contributed by atoms with E-state index in [0.29, 0.717) is 13.2 Å². The summed E-state index contributed by atoms with van der Waals surface area (Å²) in [6, 6.07) is 8.64. The van der Waals surface area contributed by atoms with E-state index >= 15 is 0 Å². The van der Waals surface area contributed by atoms with Gasteiger partial charge in [0.05, 0.1) is 6.61 Å². The summed E-state index contributed by atoms with van der Waals surface area (Å²) >= 11 is 0. The minimum absolute atomic E-state index is 0.639. The summed E-state index contributed by atoms with van der Waals surface area (Å²) in [4.78, 5) is 0. The fourth-order valence-electron chi connectivity index (χ4n) is 3.52. The van der Waals surface area contributed by atoms with Gasteiger partial charge in [-0.3, -0.25) is 0 Å². The molecule has 1 saturated carbocycles. The molecule has 1 aliphatic rings. The van der Waals surface area contributed by atoms with E-state index in [1.165, 1.54) is 50.5 Å². The predicted molar refractivity (Wildman–Crippen MR) is 97.1 cm³/mol. The third-order valence-corrected chi connectivity index (χ3v) is 5.15. The Morgan fingerprint density at radius 3 is 2.22 bits per heavy atom. The van der Waals surface area contributed by atoms with Gasteiger partial charge in [-0.1, -0.05) is 58.1 Å². The Morgan fingerprint density at radius 2 is 1.57 bits per heavy atom. The van der Waals surface area contributed by atoms with Gasteiger partial charge in [0, 0.05) is 6.61 Å². The first-order valence-electron chi connectivity index (χ1n) is 9.61. The van der Waals surface area contributed by atoms with E-state index in [1.54, 1.807) is 0 Å². The van der Waals surface area contributed by atoms with Crippen molar-refractivity contribution in [2.45, 2.75) is 65.2 Å². The first-order chi connectivity index (χ1) is 11.3. The average molecular weight is 319 g/mol. The van der Waals surface area contributed by atoms with Crippen LogP contribution in [0.5, 0.6) is 5.75 Å². The lowest BCUT2D eigenvalue weighted by molar-refractivity contribution is 0.101. The van der Waals surface area contributed by atoms with Gasteiger partial charge in [-0.05, 0) is 48.8 Å². The van der Waals surface area contributed by atoms with Crippen molar-refractivity contribution in [2.75, 3.05) is 19.8 Å². The molecule has 0 saturated heterocycles. The van der Waals surface area contributed by atoms with Crippen LogP contribution >= 0.6 is 0 Å². The van der Waals surface area contributed by atoms with Crippen molar-refractivity contribution in [2.24, 2.45) is 11.8 Å². The first-order valence-corrected chi connectivity index (χ1v) is 9.61. The lowest BCUT2D eigenvalue weighted by Gasteiger charge is -2.27. The van der Waals surface area contributed by atoms with Crippen LogP contribution in [0, 0.1) is 11.8 Å². The topological polar surface area (TPSA) is 18.5 Å². The quantitative estimate of drug-likeness (QED) is 0.520. The molecule has 1 aromatic carbocycles. The molecule has 0 aliphatic heterocycles. The summed E-state index contributed by atoms with van der Waals surface area (Å²) in [5.41, 5.74) is 1.44. The van der Waals surface area contributed by atoms with Crippen LogP contribution in [0.3, 0.4) is 0 Å². The highest BCUT2D eigenvalue weighted by Gasteiger charge is 2.19. The van der Waals surface area contributed by atoms with E-state index in [1.807, 2.05) is 0 Å². The zero-order chi connectivity index (χ0) is 16.3. The predicted octanol–water partition coefficient (Wildman–Crippen LogP) is 5.64. The summed E-state index contributed by atoms with van der Waals surface area (Å²) in [5, 5.41) is 0. The minimum Gasteiger partial charge on any atom is -0.491 e. The molecule has 2 heteroatoms. The van der Waals surface area contributed by atoms with Crippen LogP contribution in [0.15, 0.2) is 24.3 Å². The maximum Gasteiger partial charge on any atom is 0.119 e. The van der Waals surface area contributed by atoms with Crippen LogP contribution in [0.2, 0.25) is 0 Å². The number of rotatable bonds is 10. The molecule has 0 unspecified atom stereocenters. The van der Waals surface area contributed by atoms with Gasteiger partial charge in [0.25, 0.3) is 0 Å². The fourth-order valence-corrected chi connectivity index (χ4v) is 3.52. The second-order valence-corrected chi connectivity index (χ2v) is 6.94. The van der Waals surface area contributed by atoms with Crippen molar-refractivity contribution in [1.82, 2.24) is 0 Å². The van der Waals surface area contributed by atoms with Crippen molar-refractivity contribution < 1.29 is 9.47 Å². The lowest BCUT2D eigenvalue weighted by Crippen LogP contribution is -2.14. The van der Waals surface area contributed by atoms with Crippen LogP contribution in [0.25, 0.3) is 0 Å². The summed E-state index contributed by atoms with van der Waals surface area (Å²) in [6.45, 7) is 6.60. The fraction of sp³-hybridized carbons (Fsp3) is 0.714. The van der Waals surface area contributed by atoms with Gasteiger partial charge in [0.15, 0.2) is 0 Å². The molecule has 0 radical (unpaired) electrons. The van der Waals surface area contributed by atoms with Gasteiger partial charge in [-0.15, -0.1) is 0 Å². The van der Waals surface area contributed by atoms with Gasteiger partial charge in [-0.2, -0.15) is 0 Å². The molecular weight excluding hydrogens is 284 g/mol. The zero-order valence-corrected chi connectivity index (χ0v) is 15.1. The minimum atomic E-state index is 0.639. The molecule has 2 nitrogen and oxygen atoms in total. The third-order valence-electron chi connectivity index (χ3n) is 5.15. The Balaban J connectivity index is 1.63. The molecule has 0 heterocycles. The Kier molecular flexibility index (Phi) is 8.52. The number of aryl methyl sites for hydroxylation is 1. The van der Waals surface area contributed by atoms with E-state index in [2.05, 4.69) is 38.1 Å². The molecule has 0 N–H and O–H groups in total. The highest BCUT2D eigenvalue weighted by molar-refractivity contribution is 5.27. The molecule has 2 rings (SSSR count). The Bertz CT molecular complexity index is 404. The Morgan fingerprint density at radius 1 is 0.870 bits per heavy atom. The second kappa shape index (κ2) is 10.7. The van der Waals surface area contributed by atoms with Crippen LogP contribution in [0.4, 0.5) is 0 Å². The number of ether oxygens (including phenoxy) is 2. The van der Waals surface area contributed by atoms with Crippen molar-refractivity contribution in [3.05, 3.63) is 29.8 Å². The van der Waals surface area contributed by atoms with Crippen LogP contribution < -0.4 is 4.74 Å². The van der Waals surface area contributed by atoms with E-state index in [-0.39, 0.29) is 0 Å². The van der Waals surface area contributed by atoms with Crippen LogP contribution in [-0.2, 0) is 11.2 Å². The lowest BCUT2D eigenvalue weighted by atomic mass is 9.78. The summed E-state index contributed by atoms with van der Waals surface area (Å²) < 4.78 is 11.1. The van der Waals surface area contributed by atoms with Crippen molar-refractivity contribution in [3.8, 4) is 5.75 Å². The molecule has 23 heavy (non-hydrogen) atoms. The number of benzene rings is 1. The van der Waals surface area contributed by atoms with E-state index in [0.717, 1.165) is 30.6 Å². The molecular formula is C21H34O2. The third kappa shape index (κ3) is 6.95. The normalized spacial score (nSPS) is 21.3. The zero-order valence-electron chi connectivity index (χ0n) is 15.1. The maximum absolute atomic E-state index is 5.70. The van der Waals surface area contributed by atoms with Gasteiger partial charge >= 0.3 is 0 Å². The van der Waals surface area contributed by atoms with Gasteiger partial charge < -0.3 is 9.47 Å². The van der Waals surface area contributed by atoms with Crippen LogP contribution in [-0.4, -0.2) is 19.8 Å². The SMILES string of the molecule is CCCOCCOc1ccc(CC[C@H]2CC[C@H](CC)CC2)cc1. The standard InChI is InChI=1S/C21H34O2/c1-3-15-22-16-17-23-21-13-11-20(12-14-21)10-9-19-7-5-18(4-2)6-8-19/h11-14,18-19H,3-10,15-17H2,1-2H3/t18-,19-. The van der Waals surface area contributed by atoms with E-state index in [9.17, 15) is 0 Å². The number of hydrogen-bond donors (Lipinski definition) is 0. The molecule has 0 amide bonds. The Hall–Kier alpha value is -1.02. The second-order valence-electron chi connectivity index (χ2n) is 6.94. The highest BCUT2D eigenvalue weighted by Crippen LogP contribution is 2.33. The average Bonchev–Trinajstić information content (AvgIpc) is 2.61. The summed E-state index contributed by atoms with van der Waals surface area (Å²) in [5.74, 6) is 2.91. The molecule has 0 aromatic heterocycles. The van der Waals surface area contributed by atoms with Crippen molar-refractivity contribution >= 4 is 0 Å². The Labute approximate surface area is 142 Å². The van der Waals surface area contributed by atoms with Crippen molar-refractivity contribution in [1.29, 1.82) is 0 Å². The van der Waals surface area contributed by atoms with Crippen molar-refractivity contribution in [3.63, 3.8) is 0 Å². The first kappa shape index (κ1) is 18.3. The molecule has 1 aliphatic carbocycles. The summed E-state index contributed by atoms with van der Waals surface area (Å²) in [7, 11) is 0. The monoisotopic (exact) mass is 318 g/mol. The number of hydrogen-bond acceptors (Lipinski definition) is 2. The van der Waals surface area contributed by atoms with Gasteiger partial charge in [0.1, 0.15) is 12.4 Å². The maximum atomic E-state index is 5.70. The summed E-state index contributed by atoms with van der Waals surface area (Å²) in [6.07, 6.45) is 10.8. The smallest absolute Gasteiger partial charge is 0.119 e. The van der Waals surface area contributed by atoms with E-state index < -0.39 is 0 Å². The van der Waals surface area contributed by atoms with Gasteiger partial charge in [0.2, 0.25) is 0 Å².